The zero-order chi connectivity index (χ0) is 28.0. The molecule has 6 rings (SSSR count). The summed E-state index contributed by atoms with van der Waals surface area (Å²) in [5.41, 5.74) is -0.568. The Balaban J connectivity index is 1.27. The predicted octanol–water partition coefficient (Wildman–Crippen LogP) is 2.70. The topological polar surface area (TPSA) is 100 Å². The molecule has 2 N–H and O–H groups in total. The van der Waals surface area contributed by atoms with Crippen LogP contribution >= 0.6 is 11.6 Å². The Kier molecular flexibility index (Phi) is 7.67. The van der Waals surface area contributed by atoms with Gasteiger partial charge in [0.1, 0.15) is 11.6 Å². The minimum absolute atomic E-state index is 0.0504. The minimum Gasteiger partial charge on any atom is -0.379 e. The van der Waals surface area contributed by atoms with Crippen LogP contribution in [0.1, 0.15) is 33.1 Å². The van der Waals surface area contributed by atoms with Crippen molar-refractivity contribution < 1.29 is 23.9 Å². The molecule has 1 saturated carbocycles. The number of rotatable bonds is 7. The van der Waals surface area contributed by atoms with E-state index in [9.17, 15) is 14.4 Å². The highest BCUT2D eigenvalue weighted by Gasteiger charge is 2.72. The van der Waals surface area contributed by atoms with E-state index in [1.165, 1.54) is 0 Å². The molecule has 4 fully saturated rings. The lowest BCUT2D eigenvalue weighted by Gasteiger charge is -2.38. The molecular formula is C30H39ClN4O5. The van der Waals surface area contributed by atoms with Crippen LogP contribution in [0.4, 0.5) is 5.69 Å². The summed E-state index contributed by atoms with van der Waals surface area (Å²) in [6.07, 6.45) is 6.32. The lowest BCUT2D eigenvalue weighted by Crippen LogP contribution is -2.58. The van der Waals surface area contributed by atoms with Crippen LogP contribution < -0.4 is 10.6 Å². The number of halogens is 1. The number of benzene rings is 1. The van der Waals surface area contributed by atoms with E-state index in [0.29, 0.717) is 48.8 Å². The molecule has 9 nitrogen and oxygen atoms in total. The largest absolute Gasteiger partial charge is 0.379 e. The minimum atomic E-state index is -1.16. The van der Waals surface area contributed by atoms with Crippen molar-refractivity contribution in [2.24, 2.45) is 23.7 Å². The number of nitrogens with one attached hydrogen (secondary N) is 2. The van der Waals surface area contributed by atoms with Gasteiger partial charge in [-0.25, -0.2) is 0 Å². The number of hydrogen-bond donors (Lipinski definition) is 2. The SMILES string of the molecule is CC1CCCC(NC(=O)C2N(CCN3CCOCC3)C(=O)C3C(C(=O)Nc4ccc(Cl)cc4)C4C=CC32O4)C1C. The number of fused-ring (bicyclic) bond motifs is 1. The van der Waals surface area contributed by atoms with E-state index in [2.05, 4.69) is 29.4 Å². The molecule has 1 spiro atoms. The van der Waals surface area contributed by atoms with Crippen LogP contribution in [0, 0.1) is 23.7 Å². The molecule has 1 aromatic rings. The number of likely N-dealkylation sites (tertiary alicyclic amines) is 1. The average molecular weight is 571 g/mol. The summed E-state index contributed by atoms with van der Waals surface area (Å²) in [6.45, 7) is 8.34. The second-order valence-electron chi connectivity index (χ2n) is 12.1. The van der Waals surface area contributed by atoms with Gasteiger partial charge in [0.05, 0.1) is 31.2 Å². The number of morpholine rings is 1. The summed E-state index contributed by atoms with van der Waals surface area (Å²) in [6, 6.07) is 6.09. The molecule has 1 aromatic carbocycles. The fourth-order valence-electron chi connectivity index (χ4n) is 7.39. The number of ether oxygens (including phenoxy) is 2. The number of anilines is 1. The molecule has 4 aliphatic heterocycles. The van der Waals surface area contributed by atoms with E-state index < -0.39 is 29.6 Å². The van der Waals surface area contributed by atoms with Gasteiger partial charge in [-0.1, -0.05) is 50.4 Å². The van der Waals surface area contributed by atoms with Gasteiger partial charge in [-0.05, 0) is 42.5 Å². The summed E-state index contributed by atoms with van der Waals surface area (Å²) >= 11 is 6.01. The quantitative estimate of drug-likeness (QED) is 0.489. The smallest absolute Gasteiger partial charge is 0.246 e. The molecule has 8 unspecified atom stereocenters. The van der Waals surface area contributed by atoms with Gasteiger partial charge in [-0.15, -0.1) is 0 Å². The summed E-state index contributed by atoms with van der Waals surface area (Å²) in [5, 5.41) is 6.83. The zero-order valence-electron chi connectivity index (χ0n) is 23.2. The van der Waals surface area contributed by atoms with E-state index in [4.69, 9.17) is 21.1 Å². The van der Waals surface area contributed by atoms with Crippen molar-refractivity contribution in [3.63, 3.8) is 0 Å². The lowest BCUT2D eigenvalue weighted by atomic mass is 9.73. The molecule has 2 bridgehead atoms. The first kappa shape index (κ1) is 27.7. The lowest BCUT2D eigenvalue weighted by molar-refractivity contribution is -0.142. The van der Waals surface area contributed by atoms with E-state index in [1.54, 1.807) is 29.2 Å². The average Bonchev–Trinajstić information content (AvgIpc) is 3.59. The Morgan fingerprint density at radius 2 is 1.82 bits per heavy atom. The van der Waals surface area contributed by atoms with Gasteiger partial charge < -0.3 is 25.0 Å². The molecule has 10 heteroatoms. The first-order valence-corrected chi connectivity index (χ1v) is 15.0. The van der Waals surface area contributed by atoms with E-state index in [0.717, 1.165) is 32.4 Å². The maximum absolute atomic E-state index is 14.2. The van der Waals surface area contributed by atoms with Gasteiger partial charge in [-0.3, -0.25) is 19.3 Å². The van der Waals surface area contributed by atoms with Crippen molar-refractivity contribution >= 4 is 35.0 Å². The fraction of sp³-hybridized carbons (Fsp3) is 0.633. The third kappa shape index (κ3) is 4.85. The molecule has 4 heterocycles. The Morgan fingerprint density at radius 3 is 2.58 bits per heavy atom. The van der Waals surface area contributed by atoms with Crippen molar-refractivity contribution in [3.8, 4) is 0 Å². The molecular weight excluding hydrogens is 532 g/mol. The van der Waals surface area contributed by atoms with Gasteiger partial charge in [0.15, 0.2) is 0 Å². The van der Waals surface area contributed by atoms with Crippen LogP contribution in [0.25, 0.3) is 0 Å². The van der Waals surface area contributed by atoms with Crippen molar-refractivity contribution in [2.45, 2.75) is 56.9 Å². The Morgan fingerprint density at radius 1 is 1.07 bits per heavy atom. The van der Waals surface area contributed by atoms with Crippen LogP contribution in [-0.4, -0.2) is 90.7 Å². The van der Waals surface area contributed by atoms with E-state index >= 15 is 0 Å². The zero-order valence-corrected chi connectivity index (χ0v) is 23.9. The summed E-state index contributed by atoms with van der Waals surface area (Å²) in [4.78, 5) is 45.8. The first-order valence-electron chi connectivity index (χ1n) is 14.6. The van der Waals surface area contributed by atoms with E-state index in [-0.39, 0.29) is 23.8 Å². The van der Waals surface area contributed by atoms with Crippen molar-refractivity contribution in [3.05, 3.63) is 41.4 Å². The third-order valence-electron chi connectivity index (χ3n) is 9.83. The molecule has 216 valence electrons. The van der Waals surface area contributed by atoms with Gasteiger partial charge in [-0.2, -0.15) is 0 Å². The molecule has 1 aliphatic carbocycles. The van der Waals surface area contributed by atoms with Gasteiger partial charge >= 0.3 is 0 Å². The monoisotopic (exact) mass is 570 g/mol. The van der Waals surface area contributed by atoms with Crippen LogP contribution in [0.2, 0.25) is 5.02 Å². The van der Waals surface area contributed by atoms with Crippen molar-refractivity contribution in [2.75, 3.05) is 44.7 Å². The molecule has 0 radical (unpaired) electrons. The Labute approximate surface area is 240 Å². The summed E-state index contributed by atoms with van der Waals surface area (Å²) < 4.78 is 12.0. The molecule has 3 amide bonds. The summed E-state index contributed by atoms with van der Waals surface area (Å²) in [7, 11) is 0. The second kappa shape index (κ2) is 11.1. The molecule has 40 heavy (non-hydrogen) atoms. The molecule has 0 aromatic heterocycles. The maximum Gasteiger partial charge on any atom is 0.246 e. The molecule has 5 aliphatic rings. The van der Waals surface area contributed by atoms with Crippen molar-refractivity contribution in [1.82, 2.24) is 15.1 Å². The third-order valence-corrected chi connectivity index (χ3v) is 10.1. The first-order chi connectivity index (χ1) is 19.3. The maximum atomic E-state index is 14.2. The van der Waals surface area contributed by atoms with E-state index in [1.807, 2.05) is 12.2 Å². The van der Waals surface area contributed by atoms with Crippen molar-refractivity contribution in [1.29, 1.82) is 0 Å². The van der Waals surface area contributed by atoms with Crippen LogP contribution in [0.5, 0.6) is 0 Å². The normalized spacial score (nSPS) is 37.0. The standard InChI is InChI=1S/C30H39ClN4O5/c1-18-4-3-5-22(19(18)2)33-28(37)26-30-11-10-23(40-30)24(27(36)32-21-8-6-20(31)7-9-21)25(30)29(38)35(26)13-12-34-14-16-39-17-15-34/h6-11,18-19,22-26H,3-5,12-17H2,1-2H3,(H,32,36)(H,33,37). The number of carbonyl (C=O) groups excluding carboxylic acids is 3. The van der Waals surface area contributed by atoms with Gasteiger partial charge in [0.2, 0.25) is 17.7 Å². The second-order valence-corrected chi connectivity index (χ2v) is 12.5. The Bertz CT molecular complexity index is 1170. The number of amides is 3. The Hall–Kier alpha value is -2.46. The van der Waals surface area contributed by atoms with Crippen LogP contribution in [-0.2, 0) is 23.9 Å². The predicted molar refractivity (Wildman–Crippen MR) is 151 cm³/mol. The highest BCUT2D eigenvalue weighted by atomic mass is 35.5. The highest BCUT2D eigenvalue weighted by Crippen LogP contribution is 2.55. The number of carbonyl (C=O) groups is 3. The fourth-order valence-corrected chi connectivity index (χ4v) is 7.51. The number of nitrogens with zero attached hydrogens (tertiary/aromatic N) is 2. The van der Waals surface area contributed by atoms with Gasteiger partial charge in [0, 0.05) is 42.9 Å². The molecule has 3 saturated heterocycles. The van der Waals surface area contributed by atoms with Gasteiger partial charge in [0.25, 0.3) is 0 Å². The number of hydrogen-bond acceptors (Lipinski definition) is 6. The summed E-state index contributed by atoms with van der Waals surface area (Å²) in [5.74, 6) is -1.30. The molecule has 8 atom stereocenters. The highest BCUT2D eigenvalue weighted by molar-refractivity contribution is 6.30. The van der Waals surface area contributed by atoms with Crippen LogP contribution in [0.15, 0.2) is 36.4 Å². The van der Waals surface area contributed by atoms with Crippen LogP contribution in [0.3, 0.4) is 0 Å².